The molecule has 4 rings (SSSR count). The van der Waals surface area contributed by atoms with E-state index in [9.17, 15) is 0 Å². The molecule has 4 nitrogen and oxygen atoms in total. The first kappa shape index (κ1) is 18.4. The molecular formula is C22H19N3OS2. The number of hydrogen-bond acceptors (Lipinski definition) is 4. The fraction of sp³-hybridized carbons (Fsp3) is 0.0909. The summed E-state index contributed by atoms with van der Waals surface area (Å²) in [5, 5.41) is 8.07. The fourth-order valence-corrected chi connectivity index (χ4v) is 3.98. The second-order valence-corrected chi connectivity index (χ2v) is 7.66. The van der Waals surface area contributed by atoms with Crippen LogP contribution in [0.2, 0.25) is 0 Å². The summed E-state index contributed by atoms with van der Waals surface area (Å²) >= 11 is 7.13. The Morgan fingerprint density at radius 1 is 1.04 bits per heavy atom. The van der Waals surface area contributed by atoms with E-state index >= 15 is 0 Å². The van der Waals surface area contributed by atoms with E-state index in [1.165, 1.54) is 4.70 Å². The fourth-order valence-electron chi connectivity index (χ4n) is 2.83. The van der Waals surface area contributed by atoms with E-state index in [1.807, 2.05) is 54.6 Å². The number of thiazole rings is 1. The molecule has 2 N–H and O–H groups in total. The maximum Gasteiger partial charge on any atom is 0.171 e. The van der Waals surface area contributed by atoms with Crippen LogP contribution in [0.4, 0.5) is 5.69 Å². The van der Waals surface area contributed by atoms with Gasteiger partial charge >= 0.3 is 0 Å². The third-order valence-electron chi connectivity index (χ3n) is 4.27. The Kier molecular flexibility index (Phi) is 5.50. The Balaban J connectivity index is 1.41. The first-order chi connectivity index (χ1) is 13.7. The van der Waals surface area contributed by atoms with Gasteiger partial charge in [0.25, 0.3) is 0 Å². The van der Waals surface area contributed by atoms with E-state index in [-0.39, 0.29) is 0 Å². The van der Waals surface area contributed by atoms with Gasteiger partial charge in [-0.1, -0.05) is 36.4 Å². The number of benzene rings is 3. The molecule has 0 spiro atoms. The SMILES string of the molecule is COc1ccc(CNC(=S)Nc2cccc(-c3nc4ccccc4s3)c2)cc1. The molecule has 0 fully saturated rings. The molecule has 28 heavy (non-hydrogen) atoms. The summed E-state index contributed by atoms with van der Waals surface area (Å²) in [5.74, 6) is 0.844. The number of rotatable bonds is 5. The van der Waals surface area contributed by atoms with Gasteiger partial charge in [-0.2, -0.15) is 0 Å². The zero-order valence-corrected chi connectivity index (χ0v) is 16.9. The summed E-state index contributed by atoms with van der Waals surface area (Å²) in [6.07, 6.45) is 0. The van der Waals surface area contributed by atoms with E-state index in [4.69, 9.17) is 21.9 Å². The summed E-state index contributed by atoms with van der Waals surface area (Å²) in [5.41, 5.74) is 4.17. The van der Waals surface area contributed by atoms with Crippen LogP contribution in [0, 0.1) is 0 Å². The van der Waals surface area contributed by atoms with Crippen LogP contribution in [0.1, 0.15) is 5.56 Å². The van der Waals surface area contributed by atoms with E-state index in [1.54, 1.807) is 18.4 Å². The minimum absolute atomic E-state index is 0.581. The van der Waals surface area contributed by atoms with Gasteiger partial charge in [-0.25, -0.2) is 4.98 Å². The van der Waals surface area contributed by atoms with Gasteiger partial charge in [0.1, 0.15) is 10.8 Å². The van der Waals surface area contributed by atoms with E-state index < -0.39 is 0 Å². The number of anilines is 1. The number of para-hydroxylation sites is 1. The Labute approximate surface area is 173 Å². The molecule has 140 valence electrons. The van der Waals surface area contributed by atoms with Crippen molar-refractivity contribution >= 4 is 44.6 Å². The zero-order valence-electron chi connectivity index (χ0n) is 15.3. The molecule has 1 heterocycles. The van der Waals surface area contributed by atoms with Gasteiger partial charge in [-0.15, -0.1) is 11.3 Å². The Morgan fingerprint density at radius 2 is 1.86 bits per heavy atom. The average molecular weight is 406 g/mol. The summed E-state index contributed by atoms with van der Waals surface area (Å²) in [4.78, 5) is 4.73. The molecule has 0 aliphatic heterocycles. The molecule has 0 saturated carbocycles. The van der Waals surface area contributed by atoms with Crippen LogP contribution in [0.15, 0.2) is 72.8 Å². The predicted octanol–water partition coefficient (Wildman–Crippen LogP) is 5.46. The lowest BCUT2D eigenvalue weighted by Crippen LogP contribution is -2.27. The van der Waals surface area contributed by atoms with Crippen molar-refractivity contribution in [2.24, 2.45) is 0 Å². The minimum atomic E-state index is 0.581. The minimum Gasteiger partial charge on any atom is -0.497 e. The predicted molar refractivity (Wildman–Crippen MR) is 121 cm³/mol. The topological polar surface area (TPSA) is 46.2 Å². The lowest BCUT2D eigenvalue weighted by atomic mass is 10.2. The molecule has 0 amide bonds. The van der Waals surface area contributed by atoms with Gasteiger partial charge in [0.15, 0.2) is 5.11 Å². The number of hydrogen-bond donors (Lipinski definition) is 2. The zero-order chi connectivity index (χ0) is 19.3. The summed E-state index contributed by atoms with van der Waals surface area (Å²) in [6.45, 7) is 0.646. The van der Waals surface area contributed by atoms with Gasteiger partial charge in [0.2, 0.25) is 0 Å². The number of nitrogens with zero attached hydrogens (tertiary/aromatic N) is 1. The summed E-state index contributed by atoms with van der Waals surface area (Å²) < 4.78 is 6.37. The third-order valence-corrected chi connectivity index (χ3v) is 5.61. The summed E-state index contributed by atoms with van der Waals surface area (Å²) in [7, 11) is 1.66. The number of ether oxygens (including phenoxy) is 1. The van der Waals surface area contributed by atoms with Crippen LogP contribution < -0.4 is 15.4 Å². The van der Waals surface area contributed by atoms with Crippen molar-refractivity contribution in [3.63, 3.8) is 0 Å². The van der Waals surface area contributed by atoms with E-state index in [0.717, 1.165) is 33.1 Å². The molecule has 3 aromatic carbocycles. The highest BCUT2D eigenvalue weighted by atomic mass is 32.1. The molecule has 0 unspecified atom stereocenters. The molecule has 0 atom stereocenters. The van der Waals surface area contributed by atoms with Gasteiger partial charge < -0.3 is 15.4 Å². The number of nitrogens with one attached hydrogen (secondary N) is 2. The van der Waals surface area contributed by atoms with Crippen LogP contribution in [-0.2, 0) is 6.54 Å². The van der Waals surface area contributed by atoms with Crippen molar-refractivity contribution in [1.29, 1.82) is 0 Å². The first-order valence-electron chi connectivity index (χ1n) is 8.85. The van der Waals surface area contributed by atoms with Crippen LogP contribution in [0.5, 0.6) is 5.75 Å². The molecule has 0 saturated heterocycles. The van der Waals surface area contributed by atoms with Gasteiger partial charge in [0.05, 0.1) is 17.3 Å². The monoisotopic (exact) mass is 405 g/mol. The number of methoxy groups -OCH3 is 1. The first-order valence-corrected chi connectivity index (χ1v) is 10.1. The summed E-state index contributed by atoms with van der Waals surface area (Å²) in [6, 6.07) is 24.2. The Morgan fingerprint density at radius 3 is 2.64 bits per heavy atom. The largest absolute Gasteiger partial charge is 0.497 e. The lowest BCUT2D eigenvalue weighted by molar-refractivity contribution is 0.414. The van der Waals surface area contributed by atoms with Gasteiger partial charge in [-0.05, 0) is 54.2 Å². The van der Waals surface area contributed by atoms with Crippen molar-refractivity contribution in [3.05, 3.63) is 78.4 Å². The smallest absolute Gasteiger partial charge is 0.171 e. The van der Waals surface area contributed by atoms with E-state index in [0.29, 0.717) is 11.7 Å². The van der Waals surface area contributed by atoms with Crippen molar-refractivity contribution in [2.75, 3.05) is 12.4 Å². The maximum absolute atomic E-state index is 5.44. The number of aromatic nitrogens is 1. The third kappa shape index (κ3) is 4.30. The number of fused-ring (bicyclic) bond motifs is 1. The highest BCUT2D eigenvalue weighted by Crippen LogP contribution is 2.31. The second kappa shape index (κ2) is 8.37. The van der Waals surface area contributed by atoms with E-state index in [2.05, 4.69) is 28.8 Å². The highest BCUT2D eigenvalue weighted by molar-refractivity contribution is 7.80. The quantitative estimate of drug-likeness (QED) is 0.432. The second-order valence-electron chi connectivity index (χ2n) is 6.22. The van der Waals surface area contributed by atoms with Crippen molar-refractivity contribution in [3.8, 4) is 16.3 Å². The van der Waals surface area contributed by atoms with Crippen LogP contribution in [0.3, 0.4) is 0 Å². The van der Waals surface area contributed by atoms with Crippen LogP contribution >= 0.6 is 23.6 Å². The maximum atomic E-state index is 5.44. The average Bonchev–Trinajstić information content (AvgIpc) is 3.17. The normalized spacial score (nSPS) is 10.6. The molecule has 1 aromatic heterocycles. The molecule has 0 bridgehead atoms. The van der Waals surface area contributed by atoms with Gasteiger partial charge in [0, 0.05) is 17.8 Å². The number of thiocarbonyl (C=S) groups is 1. The Bertz CT molecular complexity index is 1070. The highest BCUT2D eigenvalue weighted by Gasteiger charge is 2.07. The van der Waals surface area contributed by atoms with Crippen molar-refractivity contribution < 1.29 is 4.74 Å². The van der Waals surface area contributed by atoms with Crippen molar-refractivity contribution in [2.45, 2.75) is 6.54 Å². The molecule has 4 aromatic rings. The molecule has 0 aliphatic carbocycles. The molecular weight excluding hydrogens is 386 g/mol. The molecule has 6 heteroatoms. The van der Waals surface area contributed by atoms with Crippen LogP contribution in [0.25, 0.3) is 20.8 Å². The lowest BCUT2D eigenvalue weighted by Gasteiger charge is -2.11. The molecule has 0 aliphatic rings. The standard InChI is InChI=1S/C22H19N3OS2/c1-26-18-11-9-15(10-12-18)14-23-22(27)24-17-6-4-5-16(13-17)21-25-19-7-2-3-8-20(19)28-21/h2-13H,14H2,1H3,(H2,23,24,27). The van der Waals surface area contributed by atoms with Gasteiger partial charge in [-0.3, -0.25) is 0 Å². The van der Waals surface area contributed by atoms with Crippen molar-refractivity contribution in [1.82, 2.24) is 10.3 Å². The van der Waals surface area contributed by atoms with Crippen LogP contribution in [-0.4, -0.2) is 17.2 Å². The molecule has 0 radical (unpaired) electrons. The Hall–Kier alpha value is -2.96.